The summed E-state index contributed by atoms with van der Waals surface area (Å²) in [5.74, 6) is -1.05. The van der Waals surface area contributed by atoms with E-state index in [1.807, 2.05) is 42.5 Å². The van der Waals surface area contributed by atoms with Crippen molar-refractivity contribution >= 4 is 18.1 Å². The van der Waals surface area contributed by atoms with Crippen LogP contribution in [-0.2, 0) is 11.3 Å². The lowest BCUT2D eigenvalue weighted by molar-refractivity contribution is 0.0690. The van der Waals surface area contributed by atoms with Gasteiger partial charge in [0.2, 0.25) is 0 Å². The Hall–Kier alpha value is -3.15. The van der Waals surface area contributed by atoms with Crippen LogP contribution in [0.2, 0.25) is 0 Å². The van der Waals surface area contributed by atoms with Gasteiger partial charge in [0.25, 0.3) is 0 Å². The first-order chi connectivity index (χ1) is 11.6. The van der Waals surface area contributed by atoms with Crippen LogP contribution in [0.3, 0.4) is 0 Å². The minimum atomic E-state index is -1.05. The number of benzene rings is 1. The average molecular weight is 326 g/mol. The quantitative estimate of drug-likeness (QED) is 0.763. The number of nitrogens with one attached hydrogen (secondary N) is 1. The molecule has 1 aromatic carbocycles. The number of rotatable bonds is 7. The van der Waals surface area contributed by atoms with Crippen molar-refractivity contribution in [1.29, 1.82) is 0 Å². The smallest absolute Gasteiger partial charge is 0.407 e. The van der Waals surface area contributed by atoms with Gasteiger partial charge in [0.05, 0.1) is 0 Å². The molecule has 6 nitrogen and oxygen atoms in total. The van der Waals surface area contributed by atoms with Crippen molar-refractivity contribution in [3.05, 3.63) is 71.6 Å². The first-order valence-electron chi connectivity index (χ1n) is 7.45. The highest BCUT2D eigenvalue weighted by Crippen LogP contribution is 2.03. The van der Waals surface area contributed by atoms with Gasteiger partial charge in [-0.15, -0.1) is 0 Å². The van der Waals surface area contributed by atoms with Crippen LogP contribution in [0.1, 0.15) is 28.0 Å². The zero-order valence-electron chi connectivity index (χ0n) is 13.0. The molecule has 2 aromatic rings. The molecule has 6 heteroatoms. The number of ether oxygens (including phenoxy) is 1. The maximum absolute atomic E-state index is 11.5. The van der Waals surface area contributed by atoms with Crippen LogP contribution in [0.25, 0.3) is 6.08 Å². The zero-order valence-corrected chi connectivity index (χ0v) is 13.0. The Morgan fingerprint density at radius 3 is 2.62 bits per heavy atom. The summed E-state index contributed by atoms with van der Waals surface area (Å²) in [5, 5.41) is 11.4. The molecule has 0 radical (unpaired) electrons. The van der Waals surface area contributed by atoms with Crippen LogP contribution in [0.4, 0.5) is 4.79 Å². The zero-order chi connectivity index (χ0) is 17.2. The van der Waals surface area contributed by atoms with Gasteiger partial charge in [-0.2, -0.15) is 0 Å². The normalized spacial score (nSPS) is 10.5. The number of aromatic carboxylic acids is 1. The van der Waals surface area contributed by atoms with E-state index < -0.39 is 12.1 Å². The predicted octanol–water partition coefficient (Wildman–Crippen LogP) is 3.11. The van der Waals surface area contributed by atoms with Gasteiger partial charge in [-0.3, -0.25) is 0 Å². The number of carbonyl (C=O) groups is 2. The number of nitrogens with zero attached hydrogens (tertiary/aromatic N) is 1. The van der Waals surface area contributed by atoms with Crippen LogP contribution < -0.4 is 5.32 Å². The first kappa shape index (κ1) is 17.2. The summed E-state index contributed by atoms with van der Waals surface area (Å²) >= 11 is 0. The molecule has 0 spiro atoms. The Morgan fingerprint density at radius 2 is 1.96 bits per heavy atom. The lowest BCUT2D eigenvalue weighted by Crippen LogP contribution is -2.24. The van der Waals surface area contributed by atoms with Gasteiger partial charge in [0, 0.05) is 12.7 Å². The number of amides is 1. The van der Waals surface area contributed by atoms with E-state index >= 15 is 0 Å². The number of carboxylic acids is 1. The standard InChI is InChI=1S/C18H18N2O4/c21-17(22)16-10-9-14(12-20-16)6-4-5-11-19-18(23)24-13-15-7-2-1-3-8-15/h1-4,6-10,12H,5,11,13H2,(H,19,23)(H,21,22). The Balaban J connectivity index is 1.65. The summed E-state index contributed by atoms with van der Waals surface area (Å²) < 4.78 is 5.09. The van der Waals surface area contributed by atoms with Gasteiger partial charge in [-0.25, -0.2) is 14.6 Å². The summed E-state index contributed by atoms with van der Waals surface area (Å²) in [6.07, 6.45) is 5.34. The molecule has 0 bridgehead atoms. The molecule has 0 saturated heterocycles. The summed E-state index contributed by atoms with van der Waals surface area (Å²) in [6.45, 7) is 0.689. The van der Waals surface area contributed by atoms with Crippen molar-refractivity contribution in [1.82, 2.24) is 10.3 Å². The summed E-state index contributed by atoms with van der Waals surface area (Å²) in [4.78, 5) is 26.0. The maximum atomic E-state index is 11.5. The molecule has 124 valence electrons. The van der Waals surface area contributed by atoms with Crippen LogP contribution >= 0.6 is 0 Å². The topological polar surface area (TPSA) is 88.5 Å². The lowest BCUT2D eigenvalue weighted by Gasteiger charge is -2.05. The number of hydrogen-bond donors (Lipinski definition) is 2. The highest BCUT2D eigenvalue weighted by atomic mass is 16.5. The molecular weight excluding hydrogens is 308 g/mol. The Bertz CT molecular complexity index is 697. The van der Waals surface area contributed by atoms with E-state index in [9.17, 15) is 9.59 Å². The number of aromatic nitrogens is 1. The highest BCUT2D eigenvalue weighted by Gasteiger charge is 2.02. The summed E-state index contributed by atoms with van der Waals surface area (Å²) in [5.41, 5.74) is 1.74. The summed E-state index contributed by atoms with van der Waals surface area (Å²) in [7, 11) is 0. The minimum Gasteiger partial charge on any atom is -0.477 e. The SMILES string of the molecule is O=C(NCCC=Cc1ccc(C(=O)O)nc1)OCc1ccccc1. The second kappa shape index (κ2) is 9.09. The van der Waals surface area contributed by atoms with Gasteiger partial charge in [0.15, 0.2) is 0 Å². The van der Waals surface area contributed by atoms with Crippen molar-refractivity contribution in [2.75, 3.05) is 6.54 Å². The molecule has 0 aliphatic heterocycles. The number of hydrogen-bond acceptors (Lipinski definition) is 4. The Labute approximate surface area is 139 Å². The van der Waals surface area contributed by atoms with Crippen LogP contribution in [-0.4, -0.2) is 28.7 Å². The average Bonchev–Trinajstić information content (AvgIpc) is 2.61. The number of pyridine rings is 1. The van der Waals surface area contributed by atoms with Crippen LogP contribution in [0.5, 0.6) is 0 Å². The fourth-order valence-electron chi connectivity index (χ4n) is 1.88. The molecule has 0 fully saturated rings. The van der Waals surface area contributed by atoms with Crippen molar-refractivity contribution < 1.29 is 19.4 Å². The van der Waals surface area contributed by atoms with Crippen molar-refractivity contribution in [3.8, 4) is 0 Å². The second-order valence-electron chi connectivity index (χ2n) is 4.96. The molecule has 1 heterocycles. The van der Waals surface area contributed by atoms with E-state index in [0.717, 1.165) is 11.1 Å². The van der Waals surface area contributed by atoms with Crippen LogP contribution in [0, 0.1) is 0 Å². The van der Waals surface area contributed by atoms with E-state index in [2.05, 4.69) is 10.3 Å². The molecule has 1 aromatic heterocycles. The second-order valence-corrected chi connectivity index (χ2v) is 4.96. The van der Waals surface area contributed by atoms with Crippen LogP contribution in [0.15, 0.2) is 54.7 Å². The first-order valence-corrected chi connectivity index (χ1v) is 7.45. The van der Waals surface area contributed by atoms with E-state index in [0.29, 0.717) is 13.0 Å². The predicted molar refractivity (Wildman–Crippen MR) is 89.5 cm³/mol. The third kappa shape index (κ3) is 5.92. The monoisotopic (exact) mass is 326 g/mol. The molecule has 24 heavy (non-hydrogen) atoms. The molecule has 0 aliphatic carbocycles. The maximum Gasteiger partial charge on any atom is 0.407 e. The van der Waals surface area contributed by atoms with Gasteiger partial charge >= 0.3 is 12.1 Å². The Morgan fingerprint density at radius 1 is 1.17 bits per heavy atom. The number of alkyl carbamates (subject to hydrolysis) is 1. The molecule has 0 unspecified atom stereocenters. The highest BCUT2D eigenvalue weighted by molar-refractivity contribution is 5.85. The largest absolute Gasteiger partial charge is 0.477 e. The molecule has 0 aliphatic rings. The fourth-order valence-corrected chi connectivity index (χ4v) is 1.88. The third-order valence-electron chi connectivity index (χ3n) is 3.11. The molecule has 2 N–H and O–H groups in total. The minimum absolute atomic E-state index is 0.00924. The van der Waals surface area contributed by atoms with E-state index in [4.69, 9.17) is 9.84 Å². The number of carbonyl (C=O) groups excluding carboxylic acids is 1. The van der Waals surface area contributed by atoms with E-state index in [1.54, 1.807) is 6.07 Å². The van der Waals surface area contributed by atoms with Crippen molar-refractivity contribution in [2.24, 2.45) is 0 Å². The summed E-state index contributed by atoms with van der Waals surface area (Å²) in [6, 6.07) is 12.6. The molecule has 1 amide bonds. The molecule has 0 atom stereocenters. The van der Waals surface area contributed by atoms with Gasteiger partial charge in [-0.1, -0.05) is 48.6 Å². The lowest BCUT2D eigenvalue weighted by atomic mass is 10.2. The third-order valence-corrected chi connectivity index (χ3v) is 3.11. The molecule has 2 rings (SSSR count). The Kier molecular flexibility index (Phi) is 6.52. The van der Waals surface area contributed by atoms with Gasteiger partial charge in [-0.05, 0) is 23.6 Å². The van der Waals surface area contributed by atoms with Crippen molar-refractivity contribution in [2.45, 2.75) is 13.0 Å². The molecular formula is C18H18N2O4. The van der Waals surface area contributed by atoms with Gasteiger partial charge < -0.3 is 15.2 Å². The van der Waals surface area contributed by atoms with E-state index in [1.165, 1.54) is 12.3 Å². The van der Waals surface area contributed by atoms with Gasteiger partial charge in [0.1, 0.15) is 12.3 Å². The number of carboxylic acid groups (broad SMARTS) is 1. The fraction of sp³-hybridized carbons (Fsp3) is 0.167. The molecule has 0 saturated carbocycles. The van der Waals surface area contributed by atoms with E-state index in [-0.39, 0.29) is 12.3 Å². The van der Waals surface area contributed by atoms with Crippen molar-refractivity contribution in [3.63, 3.8) is 0 Å².